The number of carbonyl (C=O) groups is 1. The van der Waals surface area contributed by atoms with Gasteiger partial charge in [-0.25, -0.2) is 4.57 Å². The molecule has 0 aliphatic carbocycles. The average Bonchev–Trinajstić information content (AvgIpc) is 3.13. The Balaban J connectivity index is 4.27. The zero-order chi connectivity index (χ0) is 38.1. The van der Waals surface area contributed by atoms with Crippen molar-refractivity contribution in [1.29, 1.82) is 0 Å². The Morgan fingerprint density at radius 3 is 1.65 bits per heavy atom. The summed E-state index contributed by atoms with van der Waals surface area (Å²) in [6.07, 6.45) is 51.3. The van der Waals surface area contributed by atoms with Crippen LogP contribution in [0.2, 0.25) is 0 Å². The zero-order valence-corrected chi connectivity index (χ0v) is 33.7. The van der Waals surface area contributed by atoms with Crippen LogP contribution in [0.1, 0.15) is 149 Å². The minimum Gasteiger partial charge on any atom is -0.498 e. The van der Waals surface area contributed by atoms with Crippen LogP contribution in [0.4, 0.5) is 0 Å². The standard InChI is InChI=1S/C43H74NO7P/c1-3-5-7-9-11-13-15-17-19-21-22-24-26-28-30-32-34-36-43(45)51-42(41-50-52(46,47)49-39-37-44)40-48-38-35-33-31-29-27-25-23-20-18-16-14-12-10-8-6-4-2/h5,7,11,13,17-20,22,24,28,30,35,38,42H,3-4,6,8-10,12,14-16,21,23,25-27,29,31-34,36-37,39-41,44H2,1-2H3,(H,46,47)/b7-5-,13-11-,19-17-,20-18-,24-22-,30-28-,38-35-/t42-/m1/s1. The summed E-state index contributed by atoms with van der Waals surface area (Å²) in [6.45, 7) is 4.02. The first-order chi connectivity index (χ1) is 25.4. The van der Waals surface area contributed by atoms with Crippen molar-refractivity contribution in [1.82, 2.24) is 0 Å². The summed E-state index contributed by atoms with van der Waals surface area (Å²) in [5.41, 5.74) is 5.35. The maximum absolute atomic E-state index is 12.5. The first kappa shape index (κ1) is 49.5. The molecule has 0 saturated heterocycles. The molecule has 0 heterocycles. The molecule has 0 aromatic carbocycles. The topological polar surface area (TPSA) is 117 Å². The van der Waals surface area contributed by atoms with Crippen molar-refractivity contribution in [3.8, 4) is 0 Å². The fourth-order valence-electron chi connectivity index (χ4n) is 4.93. The second-order valence-electron chi connectivity index (χ2n) is 12.8. The number of unbranched alkanes of at least 4 members (excludes halogenated alkanes) is 12. The highest BCUT2D eigenvalue weighted by Crippen LogP contribution is 2.43. The molecule has 0 spiro atoms. The Morgan fingerprint density at radius 1 is 0.615 bits per heavy atom. The Bertz CT molecular complexity index is 1060. The Morgan fingerprint density at radius 2 is 1.10 bits per heavy atom. The van der Waals surface area contributed by atoms with Crippen LogP contribution in [-0.2, 0) is 27.9 Å². The van der Waals surface area contributed by atoms with E-state index in [0.717, 1.165) is 64.2 Å². The third-order valence-corrected chi connectivity index (χ3v) is 8.84. The minimum atomic E-state index is -4.31. The van der Waals surface area contributed by atoms with E-state index >= 15 is 0 Å². The van der Waals surface area contributed by atoms with E-state index in [1.807, 2.05) is 6.08 Å². The molecule has 0 aliphatic heterocycles. The summed E-state index contributed by atoms with van der Waals surface area (Å²) in [5.74, 6) is -0.415. The van der Waals surface area contributed by atoms with Crippen molar-refractivity contribution in [3.63, 3.8) is 0 Å². The average molecular weight is 748 g/mol. The van der Waals surface area contributed by atoms with Gasteiger partial charge in [-0.15, -0.1) is 0 Å². The lowest BCUT2D eigenvalue weighted by molar-refractivity contribution is -0.153. The Labute approximate surface area is 318 Å². The van der Waals surface area contributed by atoms with E-state index in [1.165, 1.54) is 57.8 Å². The van der Waals surface area contributed by atoms with E-state index in [1.54, 1.807) is 6.26 Å². The van der Waals surface area contributed by atoms with Crippen molar-refractivity contribution in [2.45, 2.75) is 155 Å². The van der Waals surface area contributed by atoms with Crippen LogP contribution in [0.5, 0.6) is 0 Å². The van der Waals surface area contributed by atoms with Crippen LogP contribution in [0.3, 0.4) is 0 Å². The molecule has 0 aromatic rings. The lowest BCUT2D eigenvalue weighted by Crippen LogP contribution is -2.27. The predicted molar refractivity (Wildman–Crippen MR) is 219 cm³/mol. The van der Waals surface area contributed by atoms with Crippen LogP contribution in [0, 0.1) is 0 Å². The summed E-state index contributed by atoms with van der Waals surface area (Å²) in [7, 11) is -4.31. The van der Waals surface area contributed by atoms with Crippen LogP contribution in [0.25, 0.3) is 0 Å². The van der Waals surface area contributed by atoms with Crippen LogP contribution in [0.15, 0.2) is 85.3 Å². The molecule has 9 heteroatoms. The molecule has 0 aromatic heterocycles. The molecule has 298 valence electrons. The van der Waals surface area contributed by atoms with Gasteiger partial charge in [-0.1, -0.05) is 132 Å². The smallest absolute Gasteiger partial charge is 0.472 e. The number of hydrogen-bond acceptors (Lipinski definition) is 7. The number of phosphoric ester groups is 1. The van der Waals surface area contributed by atoms with Gasteiger partial charge in [-0.2, -0.15) is 0 Å². The van der Waals surface area contributed by atoms with Crippen LogP contribution >= 0.6 is 7.82 Å². The van der Waals surface area contributed by atoms with Gasteiger partial charge in [0.15, 0.2) is 6.10 Å². The summed E-state index contributed by atoms with van der Waals surface area (Å²) in [6, 6.07) is 0. The Hall–Kier alpha value is -2.48. The van der Waals surface area contributed by atoms with Gasteiger partial charge >= 0.3 is 13.8 Å². The molecule has 0 amide bonds. The zero-order valence-electron chi connectivity index (χ0n) is 32.8. The maximum Gasteiger partial charge on any atom is 0.472 e. The molecule has 2 atom stereocenters. The highest BCUT2D eigenvalue weighted by molar-refractivity contribution is 7.47. The normalized spacial score (nSPS) is 14.4. The summed E-state index contributed by atoms with van der Waals surface area (Å²) < 4.78 is 33.0. The molecule has 3 N–H and O–H groups in total. The van der Waals surface area contributed by atoms with Gasteiger partial charge in [0.2, 0.25) is 0 Å². The van der Waals surface area contributed by atoms with Gasteiger partial charge in [-0.05, 0) is 89.5 Å². The number of hydrogen-bond donors (Lipinski definition) is 2. The van der Waals surface area contributed by atoms with E-state index in [0.29, 0.717) is 6.42 Å². The predicted octanol–water partition coefficient (Wildman–Crippen LogP) is 12.1. The van der Waals surface area contributed by atoms with E-state index in [9.17, 15) is 14.3 Å². The van der Waals surface area contributed by atoms with E-state index in [2.05, 4.69) is 86.8 Å². The van der Waals surface area contributed by atoms with Crippen molar-refractivity contribution in [2.75, 3.05) is 26.4 Å². The van der Waals surface area contributed by atoms with Crippen LogP contribution in [-0.4, -0.2) is 43.3 Å². The molecule has 0 fully saturated rings. The summed E-state index contributed by atoms with van der Waals surface area (Å²) >= 11 is 0. The highest BCUT2D eigenvalue weighted by atomic mass is 31.2. The molecule has 0 bridgehead atoms. The van der Waals surface area contributed by atoms with Gasteiger partial charge in [0.05, 0.1) is 19.5 Å². The molecular weight excluding hydrogens is 673 g/mol. The van der Waals surface area contributed by atoms with Crippen LogP contribution < -0.4 is 5.73 Å². The monoisotopic (exact) mass is 748 g/mol. The number of esters is 1. The van der Waals surface area contributed by atoms with E-state index in [-0.39, 0.29) is 32.8 Å². The molecule has 8 nitrogen and oxygen atoms in total. The van der Waals surface area contributed by atoms with Crippen molar-refractivity contribution in [3.05, 3.63) is 85.3 Å². The SMILES string of the molecule is CC/C=C\C/C=C\C/C=C\C/C=C\C/C=C\CCCC(=O)O[C@H](CO/C=C\CCCCCC/C=C\CCCCCCCC)COP(=O)(O)OCCN. The minimum absolute atomic E-state index is 0.00102. The largest absolute Gasteiger partial charge is 0.498 e. The third-order valence-electron chi connectivity index (χ3n) is 7.86. The molecule has 0 rings (SSSR count). The fourth-order valence-corrected chi connectivity index (χ4v) is 5.70. The lowest BCUT2D eigenvalue weighted by Gasteiger charge is -2.19. The van der Waals surface area contributed by atoms with Crippen molar-refractivity contribution in [2.24, 2.45) is 5.73 Å². The quantitative estimate of drug-likeness (QED) is 0.0212. The van der Waals surface area contributed by atoms with E-state index < -0.39 is 19.9 Å². The molecule has 52 heavy (non-hydrogen) atoms. The molecular formula is C43H74NO7P. The fraction of sp³-hybridized carbons (Fsp3) is 0.651. The third kappa shape index (κ3) is 38.7. The number of nitrogens with two attached hydrogens (primary N) is 1. The van der Waals surface area contributed by atoms with Gasteiger partial charge in [-0.3, -0.25) is 13.8 Å². The molecule has 0 aliphatic rings. The Kier molecular flexibility index (Phi) is 37.8. The van der Waals surface area contributed by atoms with Crippen molar-refractivity contribution < 1.29 is 32.8 Å². The second kappa shape index (κ2) is 39.7. The summed E-state index contributed by atoms with van der Waals surface area (Å²) in [4.78, 5) is 22.4. The van der Waals surface area contributed by atoms with E-state index in [4.69, 9.17) is 24.3 Å². The summed E-state index contributed by atoms with van der Waals surface area (Å²) in [5, 5.41) is 0. The maximum atomic E-state index is 12.5. The number of ether oxygens (including phenoxy) is 2. The van der Waals surface area contributed by atoms with Crippen molar-refractivity contribution >= 4 is 13.8 Å². The number of carbonyl (C=O) groups excluding carboxylic acids is 1. The van der Waals surface area contributed by atoms with Gasteiger partial charge in [0, 0.05) is 13.0 Å². The number of phosphoric acid groups is 1. The second-order valence-corrected chi connectivity index (χ2v) is 14.3. The van der Waals surface area contributed by atoms with Gasteiger partial charge in [0.25, 0.3) is 0 Å². The molecule has 0 radical (unpaired) electrons. The first-order valence-electron chi connectivity index (χ1n) is 20.1. The lowest BCUT2D eigenvalue weighted by atomic mass is 10.1. The number of rotatable bonds is 37. The highest BCUT2D eigenvalue weighted by Gasteiger charge is 2.25. The molecule has 0 saturated carbocycles. The number of allylic oxidation sites excluding steroid dienone is 13. The molecule has 1 unspecified atom stereocenters. The first-order valence-corrected chi connectivity index (χ1v) is 21.6. The van der Waals surface area contributed by atoms with Gasteiger partial charge < -0.3 is 20.1 Å². The van der Waals surface area contributed by atoms with Gasteiger partial charge in [0.1, 0.15) is 6.61 Å².